The molecule has 0 radical (unpaired) electrons. The summed E-state index contributed by atoms with van der Waals surface area (Å²) in [7, 11) is 3.02. The van der Waals surface area contributed by atoms with Crippen molar-refractivity contribution in [3.63, 3.8) is 0 Å². The van der Waals surface area contributed by atoms with Crippen molar-refractivity contribution in [2.45, 2.75) is 19.8 Å². The third-order valence-corrected chi connectivity index (χ3v) is 4.59. The Kier molecular flexibility index (Phi) is 11.1. The molecule has 0 bridgehead atoms. The molecular formula is C24H30N4O6. The molecule has 0 saturated carbocycles. The van der Waals surface area contributed by atoms with Crippen molar-refractivity contribution >= 4 is 29.6 Å². The number of hydrogen-bond donors (Lipinski definition) is 3. The number of rotatable bonds is 12. The smallest absolute Gasteiger partial charge is 0.329 e. The summed E-state index contributed by atoms with van der Waals surface area (Å²) in [5, 5.41) is 9.01. The predicted molar refractivity (Wildman–Crippen MR) is 128 cm³/mol. The minimum Gasteiger partial charge on any atom is -0.493 e. The molecule has 3 amide bonds. The van der Waals surface area contributed by atoms with Gasteiger partial charge >= 0.3 is 11.8 Å². The third kappa shape index (κ3) is 8.91. The van der Waals surface area contributed by atoms with Crippen LogP contribution in [-0.4, -0.2) is 57.9 Å². The van der Waals surface area contributed by atoms with E-state index < -0.39 is 11.8 Å². The fraction of sp³-hybridized carbons (Fsp3) is 0.333. The Hall–Kier alpha value is -3.92. The van der Waals surface area contributed by atoms with E-state index in [1.165, 1.54) is 18.9 Å². The average molecular weight is 471 g/mol. The van der Waals surface area contributed by atoms with Crippen molar-refractivity contribution in [2.24, 2.45) is 5.10 Å². The first-order valence-electron chi connectivity index (χ1n) is 10.8. The summed E-state index contributed by atoms with van der Waals surface area (Å²) >= 11 is 0. The van der Waals surface area contributed by atoms with E-state index in [0.29, 0.717) is 42.3 Å². The molecule has 34 heavy (non-hydrogen) atoms. The minimum absolute atomic E-state index is 0.200. The molecule has 0 aromatic heterocycles. The molecule has 182 valence electrons. The lowest BCUT2D eigenvalue weighted by Gasteiger charge is -2.11. The summed E-state index contributed by atoms with van der Waals surface area (Å²) in [6, 6.07) is 12.5. The van der Waals surface area contributed by atoms with Crippen LogP contribution in [0, 0.1) is 0 Å². The van der Waals surface area contributed by atoms with E-state index in [2.05, 4.69) is 28.1 Å². The third-order valence-electron chi connectivity index (χ3n) is 4.59. The Morgan fingerprint density at radius 3 is 2.44 bits per heavy atom. The first-order valence-corrected chi connectivity index (χ1v) is 10.8. The summed E-state index contributed by atoms with van der Waals surface area (Å²) in [4.78, 5) is 35.6. The number of amides is 3. The second kappa shape index (κ2) is 14.3. The van der Waals surface area contributed by atoms with Crippen LogP contribution in [0.25, 0.3) is 0 Å². The average Bonchev–Trinajstić information content (AvgIpc) is 2.85. The van der Waals surface area contributed by atoms with Gasteiger partial charge in [0.1, 0.15) is 0 Å². The minimum atomic E-state index is -0.879. The van der Waals surface area contributed by atoms with Crippen LogP contribution >= 0.6 is 0 Å². The van der Waals surface area contributed by atoms with Crippen molar-refractivity contribution < 1.29 is 28.6 Å². The van der Waals surface area contributed by atoms with Crippen molar-refractivity contribution in [2.75, 3.05) is 39.3 Å². The number of hydrazone groups is 1. The number of aryl methyl sites for hydroxylation is 1. The maximum Gasteiger partial charge on any atom is 0.329 e. The van der Waals surface area contributed by atoms with Crippen LogP contribution < -0.4 is 25.5 Å². The summed E-state index contributed by atoms with van der Waals surface area (Å²) in [6.45, 7) is 2.67. The van der Waals surface area contributed by atoms with Gasteiger partial charge in [0.25, 0.3) is 5.91 Å². The van der Waals surface area contributed by atoms with Gasteiger partial charge in [-0.2, -0.15) is 5.10 Å². The Labute approximate surface area is 198 Å². The number of ether oxygens (including phenoxy) is 3. The van der Waals surface area contributed by atoms with Crippen molar-refractivity contribution in [1.29, 1.82) is 0 Å². The number of nitrogens with one attached hydrogen (secondary N) is 3. The van der Waals surface area contributed by atoms with Gasteiger partial charge in [-0.3, -0.25) is 14.4 Å². The van der Waals surface area contributed by atoms with E-state index in [9.17, 15) is 14.4 Å². The van der Waals surface area contributed by atoms with Gasteiger partial charge in [0.15, 0.2) is 18.1 Å². The zero-order valence-electron chi connectivity index (χ0n) is 19.6. The zero-order valence-corrected chi connectivity index (χ0v) is 19.6. The van der Waals surface area contributed by atoms with Crippen LogP contribution in [0.5, 0.6) is 11.5 Å². The van der Waals surface area contributed by atoms with E-state index in [4.69, 9.17) is 14.2 Å². The largest absolute Gasteiger partial charge is 0.493 e. The van der Waals surface area contributed by atoms with Crippen molar-refractivity contribution in [1.82, 2.24) is 10.7 Å². The number of hydrogen-bond acceptors (Lipinski definition) is 7. The summed E-state index contributed by atoms with van der Waals surface area (Å²) in [6.07, 6.45) is 2.88. The maximum absolute atomic E-state index is 12.2. The second-order valence-electron chi connectivity index (χ2n) is 7.10. The topological polar surface area (TPSA) is 127 Å². The second-order valence-corrected chi connectivity index (χ2v) is 7.10. The van der Waals surface area contributed by atoms with E-state index in [0.717, 1.165) is 6.42 Å². The predicted octanol–water partition coefficient (Wildman–Crippen LogP) is 1.88. The molecule has 0 heterocycles. The fourth-order valence-electron chi connectivity index (χ4n) is 2.76. The monoisotopic (exact) mass is 470 g/mol. The first kappa shape index (κ1) is 26.3. The van der Waals surface area contributed by atoms with Crippen LogP contribution in [0.15, 0.2) is 47.6 Å². The van der Waals surface area contributed by atoms with Crippen molar-refractivity contribution in [3.8, 4) is 11.5 Å². The van der Waals surface area contributed by atoms with Gasteiger partial charge in [0.2, 0.25) is 0 Å². The van der Waals surface area contributed by atoms with E-state index >= 15 is 0 Å². The van der Waals surface area contributed by atoms with E-state index in [1.54, 1.807) is 25.3 Å². The Morgan fingerprint density at radius 1 is 1.00 bits per heavy atom. The summed E-state index contributed by atoms with van der Waals surface area (Å²) < 4.78 is 15.8. The number of anilines is 1. The standard InChI is InChI=1S/C24H30N4O6/c1-4-17-6-9-19(10-7-17)27-22(29)16-34-20-11-8-18(14-21(20)33-3)15-26-28-24(31)23(30)25-12-5-13-32-2/h6-11,14-15H,4-5,12-13,16H2,1-3H3,(H,25,30)(H,27,29)(H,28,31)/b26-15+. The van der Waals surface area contributed by atoms with Crippen LogP contribution in [0.2, 0.25) is 0 Å². The highest BCUT2D eigenvalue weighted by atomic mass is 16.5. The van der Waals surface area contributed by atoms with Crippen LogP contribution in [-0.2, 0) is 25.5 Å². The molecule has 2 rings (SSSR count). The lowest BCUT2D eigenvalue weighted by atomic mass is 10.1. The Balaban J connectivity index is 1.85. The summed E-state index contributed by atoms with van der Waals surface area (Å²) in [5.74, 6) is -1.22. The van der Waals surface area contributed by atoms with Crippen LogP contribution in [0.3, 0.4) is 0 Å². The number of carbonyl (C=O) groups excluding carboxylic acids is 3. The molecule has 2 aromatic rings. The number of methoxy groups -OCH3 is 2. The Bertz CT molecular complexity index is 991. The normalized spacial score (nSPS) is 10.6. The lowest BCUT2D eigenvalue weighted by Crippen LogP contribution is -2.38. The van der Waals surface area contributed by atoms with Crippen LogP contribution in [0.4, 0.5) is 5.69 Å². The number of benzene rings is 2. The highest BCUT2D eigenvalue weighted by Gasteiger charge is 2.12. The SMILES string of the molecule is CCc1ccc(NC(=O)COc2ccc(/C=N/NC(=O)C(=O)NCCCOC)cc2OC)cc1. The fourth-order valence-corrected chi connectivity index (χ4v) is 2.76. The van der Waals surface area contributed by atoms with Gasteiger partial charge in [-0.05, 0) is 54.3 Å². The first-order chi connectivity index (χ1) is 16.5. The highest BCUT2D eigenvalue weighted by Crippen LogP contribution is 2.27. The Morgan fingerprint density at radius 2 is 1.76 bits per heavy atom. The van der Waals surface area contributed by atoms with Gasteiger partial charge in [0.05, 0.1) is 13.3 Å². The quantitative estimate of drug-likeness (QED) is 0.188. The van der Waals surface area contributed by atoms with Gasteiger partial charge in [0, 0.05) is 25.9 Å². The van der Waals surface area contributed by atoms with Crippen LogP contribution in [0.1, 0.15) is 24.5 Å². The molecule has 0 aliphatic rings. The molecule has 10 heteroatoms. The summed E-state index contributed by atoms with van der Waals surface area (Å²) in [5.41, 5.74) is 4.62. The molecule has 0 spiro atoms. The molecule has 0 fully saturated rings. The van der Waals surface area contributed by atoms with Gasteiger partial charge in [-0.15, -0.1) is 0 Å². The van der Waals surface area contributed by atoms with Crippen molar-refractivity contribution in [3.05, 3.63) is 53.6 Å². The number of nitrogens with zero attached hydrogens (tertiary/aromatic N) is 1. The molecule has 3 N–H and O–H groups in total. The molecular weight excluding hydrogens is 440 g/mol. The molecule has 0 saturated heterocycles. The molecule has 0 aliphatic carbocycles. The lowest BCUT2D eigenvalue weighted by molar-refractivity contribution is -0.139. The molecule has 2 aromatic carbocycles. The molecule has 0 atom stereocenters. The zero-order chi connectivity index (χ0) is 24.8. The highest BCUT2D eigenvalue weighted by molar-refractivity contribution is 6.35. The van der Waals surface area contributed by atoms with Gasteiger partial charge in [-0.1, -0.05) is 19.1 Å². The van der Waals surface area contributed by atoms with Gasteiger partial charge < -0.3 is 24.8 Å². The maximum atomic E-state index is 12.2. The molecule has 10 nitrogen and oxygen atoms in total. The van der Waals surface area contributed by atoms with Gasteiger partial charge in [-0.25, -0.2) is 5.43 Å². The molecule has 0 aliphatic heterocycles. The molecule has 0 unspecified atom stereocenters. The van der Waals surface area contributed by atoms with E-state index in [1.807, 2.05) is 24.3 Å². The number of carbonyl (C=O) groups is 3. The van der Waals surface area contributed by atoms with E-state index in [-0.39, 0.29) is 12.5 Å².